The van der Waals surface area contributed by atoms with Crippen molar-refractivity contribution in [2.75, 3.05) is 0 Å². The number of fused-ring (bicyclic) bond motifs is 1. The van der Waals surface area contributed by atoms with Crippen molar-refractivity contribution >= 4 is 0 Å². The van der Waals surface area contributed by atoms with E-state index < -0.39 is 0 Å². The summed E-state index contributed by atoms with van der Waals surface area (Å²) in [4.78, 5) is 0. The molecule has 0 amide bonds. The fourth-order valence-corrected chi connectivity index (χ4v) is 3.42. The fourth-order valence-electron chi connectivity index (χ4n) is 3.42. The van der Waals surface area contributed by atoms with Gasteiger partial charge in [0.05, 0.1) is 0 Å². The summed E-state index contributed by atoms with van der Waals surface area (Å²) in [6.45, 7) is 8.15. The molecule has 0 heterocycles. The normalized spacial score (nSPS) is 32.0. The van der Waals surface area contributed by atoms with E-state index in [9.17, 15) is 0 Å². The molecule has 2 saturated carbocycles. The van der Waals surface area contributed by atoms with Crippen LogP contribution in [0.25, 0.3) is 0 Å². The van der Waals surface area contributed by atoms with E-state index in [1.165, 1.54) is 42.2 Å². The van der Waals surface area contributed by atoms with E-state index in [0.717, 1.165) is 5.92 Å². The van der Waals surface area contributed by atoms with Crippen molar-refractivity contribution in [1.82, 2.24) is 0 Å². The molecule has 0 aromatic heterocycles. The van der Waals surface area contributed by atoms with Crippen molar-refractivity contribution in [2.24, 2.45) is 17.8 Å². The molecular formula is C19H27. The minimum atomic E-state index is 1.13. The lowest BCUT2D eigenvalue weighted by atomic mass is 9.87. The lowest BCUT2D eigenvalue weighted by molar-refractivity contribution is 0.327. The van der Waals surface area contributed by atoms with Gasteiger partial charge < -0.3 is 0 Å². The second-order valence-electron chi connectivity index (χ2n) is 6.01. The van der Waals surface area contributed by atoms with Crippen LogP contribution >= 0.6 is 0 Å². The molecular weight excluding hydrogens is 228 g/mol. The zero-order valence-electron chi connectivity index (χ0n) is 12.4. The van der Waals surface area contributed by atoms with Gasteiger partial charge in [-0.2, -0.15) is 0 Å². The summed E-state index contributed by atoms with van der Waals surface area (Å²) in [6, 6.07) is 0. The van der Waals surface area contributed by atoms with Gasteiger partial charge in [-0.1, -0.05) is 69.6 Å². The van der Waals surface area contributed by atoms with Crippen LogP contribution in [-0.2, 0) is 0 Å². The summed E-state index contributed by atoms with van der Waals surface area (Å²) < 4.78 is 0. The molecule has 3 unspecified atom stereocenters. The van der Waals surface area contributed by atoms with Crippen LogP contribution in [0.2, 0.25) is 0 Å². The highest BCUT2D eigenvalue weighted by atomic mass is 14.5. The molecule has 0 aromatic rings. The van der Waals surface area contributed by atoms with Crippen LogP contribution in [0.4, 0.5) is 0 Å². The Morgan fingerprint density at radius 3 is 2.79 bits per heavy atom. The van der Waals surface area contributed by atoms with Crippen LogP contribution in [0.5, 0.6) is 0 Å². The second kappa shape index (κ2) is 6.93. The zero-order valence-corrected chi connectivity index (χ0v) is 12.4. The van der Waals surface area contributed by atoms with E-state index in [1.807, 2.05) is 24.3 Å². The van der Waals surface area contributed by atoms with Crippen LogP contribution in [0.3, 0.4) is 0 Å². The van der Waals surface area contributed by atoms with Crippen molar-refractivity contribution in [3.63, 3.8) is 0 Å². The molecule has 1 radical (unpaired) electrons. The zero-order chi connectivity index (χ0) is 13.7. The molecule has 0 aliphatic heterocycles. The predicted octanol–water partition coefficient (Wildman–Crippen LogP) is 5.65. The van der Waals surface area contributed by atoms with Gasteiger partial charge in [0.2, 0.25) is 0 Å². The molecule has 0 heteroatoms. The largest absolute Gasteiger partial charge is 0.0988 e. The smallest absolute Gasteiger partial charge is 0.0127 e. The van der Waals surface area contributed by atoms with Crippen LogP contribution in [0, 0.1) is 24.2 Å². The Morgan fingerprint density at radius 2 is 2.11 bits per heavy atom. The standard InChI is InChI=1S/C10H11.C9H16/c1-3-10-8-6-4-5-7-9(10)2;1-2-7-4-3-5-8-6-9(7)8/h3-8H,1H2,2H3;7-9H,2-6H2,1H3. The van der Waals surface area contributed by atoms with Gasteiger partial charge in [-0.3, -0.25) is 0 Å². The second-order valence-corrected chi connectivity index (χ2v) is 6.01. The van der Waals surface area contributed by atoms with Gasteiger partial charge in [0.15, 0.2) is 0 Å². The average molecular weight is 255 g/mol. The Labute approximate surface area is 119 Å². The SMILES string of the molecule is C=CC1=C(C)C=CC=C[CH]1.CCC1CCCC2CC12. The Morgan fingerprint density at radius 1 is 1.26 bits per heavy atom. The Kier molecular flexibility index (Phi) is 5.24. The number of hydrogen-bond donors (Lipinski definition) is 0. The fraction of sp³-hybridized carbons (Fsp3) is 0.526. The maximum Gasteiger partial charge on any atom is 0.0127 e. The highest BCUT2D eigenvalue weighted by Crippen LogP contribution is 2.53. The third-order valence-electron chi connectivity index (χ3n) is 4.78. The maximum absolute atomic E-state index is 3.72. The van der Waals surface area contributed by atoms with Crippen molar-refractivity contribution in [3.05, 3.63) is 54.5 Å². The lowest BCUT2D eigenvalue weighted by Crippen LogP contribution is -2.07. The number of hydrogen-bond acceptors (Lipinski definition) is 0. The van der Waals surface area contributed by atoms with E-state index in [0.29, 0.717) is 0 Å². The Hall–Kier alpha value is -1.04. The molecule has 2 fully saturated rings. The van der Waals surface area contributed by atoms with Crippen LogP contribution in [-0.4, -0.2) is 0 Å². The summed E-state index contributed by atoms with van der Waals surface area (Å²) >= 11 is 0. The summed E-state index contributed by atoms with van der Waals surface area (Å²) in [5, 5.41) is 0. The quantitative estimate of drug-likeness (QED) is 0.598. The van der Waals surface area contributed by atoms with Crippen molar-refractivity contribution in [2.45, 2.75) is 46.0 Å². The molecule has 0 aromatic carbocycles. The topological polar surface area (TPSA) is 0 Å². The molecule has 19 heavy (non-hydrogen) atoms. The molecule has 3 aliphatic carbocycles. The summed E-state index contributed by atoms with van der Waals surface area (Å²) in [7, 11) is 0. The third-order valence-corrected chi connectivity index (χ3v) is 4.78. The van der Waals surface area contributed by atoms with Gasteiger partial charge in [-0.25, -0.2) is 0 Å². The van der Waals surface area contributed by atoms with Gasteiger partial charge in [-0.05, 0) is 42.2 Å². The van der Waals surface area contributed by atoms with Crippen molar-refractivity contribution < 1.29 is 0 Å². The molecule has 3 atom stereocenters. The molecule has 0 bridgehead atoms. The van der Waals surface area contributed by atoms with E-state index >= 15 is 0 Å². The molecule has 0 saturated heterocycles. The summed E-state index contributed by atoms with van der Waals surface area (Å²) in [5.41, 5.74) is 2.46. The number of rotatable bonds is 2. The highest BCUT2D eigenvalue weighted by molar-refractivity contribution is 5.43. The first-order valence-corrected chi connectivity index (χ1v) is 7.77. The average Bonchev–Trinajstić information content (AvgIpc) is 3.23. The first kappa shape index (κ1) is 14.4. The molecule has 3 rings (SSSR count). The van der Waals surface area contributed by atoms with Crippen LogP contribution < -0.4 is 0 Å². The van der Waals surface area contributed by atoms with E-state index in [-0.39, 0.29) is 0 Å². The van der Waals surface area contributed by atoms with Gasteiger partial charge in [0.1, 0.15) is 0 Å². The monoisotopic (exact) mass is 255 g/mol. The number of allylic oxidation sites excluding steroid dienone is 7. The van der Waals surface area contributed by atoms with Crippen molar-refractivity contribution in [3.8, 4) is 0 Å². The third kappa shape index (κ3) is 3.96. The van der Waals surface area contributed by atoms with Gasteiger partial charge >= 0.3 is 0 Å². The van der Waals surface area contributed by atoms with Crippen molar-refractivity contribution in [1.29, 1.82) is 0 Å². The van der Waals surface area contributed by atoms with E-state index in [1.54, 1.807) is 12.8 Å². The summed E-state index contributed by atoms with van der Waals surface area (Å²) in [6.07, 6.45) is 19.7. The molecule has 103 valence electrons. The Balaban J connectivity index is 0.000000141. The first-order chi connectivity index (χ1) is 9.26. The van der Waals surface area contributed by atoms with Crippen LogP contribution in [0.15, 0.2) is 48.1 Å². The maximum atomic E-state index is 3.72. The first-order valence-electron chi connectivity index (χ1n) is 7.77. The minimum Gasteiger partial charge on any atom is -0.0988 e. The molecule has 0 spiro atoms. The lowest BCUT2D eigenvalue weighted by Gasteiger charge is -2.18. The predicted molar refractivity (Wildman–Crippen MR) is 84.7 cm³/mol. The summed E-state index contributed by atoms with van der Waals surface area (Å²) in [5.74, 6) is 3.50. The van der Waals surface area contributed by atoms with Gasteiger partial charge in [0.25, 0.3) is 0 Å². The minimum absolute atomic E-state index is 1.13. The van der Waals surface area contributed by atoms with E-state index in [2.05, 4.69) is 32.9 Å². The molecule has 0 nitrogen and oxygen atoms in total. The van der Waals surface area contributed by atoms with Gasteiger partial charge in [-0.15, -0.1) is 0 Å². The van der Waals surface area contributed by atoms with Crippen LogP contribution in [0.1, 0.15) is 46.0 Å². The Bertz CT molecular complexity index is 394. The van der Waals surface area contributed by atoms with Gasteiger partial charge in [0, 0.05) is 6.42 Å². The highest BCUT2D eigenvalue weighted by Gasteiger charge is 2.43. The molecule has 3 aliphatic rings. The van der Waals surface area contributed by atoms with E-state index in [4.69, 9.17) is 0 Å². The molecule has 0 N–H and O–H groups in total.